The topological polar surface area (TPSA) is 95.2 Å². The molecule has 0 radical (unpaired) electrons. The van der Waals surface area contributed by atoms with E-state index in [-0.39, 0.29) is 11.1 Å². The molecule has 28 heavy (non-hydrogen) atoms. The van der Waals surface area contributed by atoms with E-state index in [1.807, 2.05) is 42.5 Å². The Labute approximate surface area is 172 Å². The van der Waals surface area contributed by atoms with Crippen molar-refractivity contribution >= 4 is 34.7 Å². The molecule has 0 amide bonds. The first-order valence-corrected chi connectivity index (χ1v) is 9.83. The SMILES string of the molecule is CC1=C(C)SC(=CC=C2C(=C(C#N)C#N)c3ccccc3C2=C(C#N)C#N)S1. The molecule has 0 unspecified atom stereocenters. The summed E-state index contributed by atoms with van der Waals surface area (Å²) in [6.07, 6.45) is 3.71. The second-order valence-electron chi connectivity index (χ2n) is 5.88. The van der Waals surface area contributed by atoms with Gasteiger partial charge in [0.25, 0.3) is 0 Å². The lowest BCUT2D eigenvalue weighted by Crippen LogP contribution is -1.89. The fourth-order valence-corrected chi connectivity index (χ4v) is 5.33. The lowest BCUT2D eigenvalue weighted by Gasteiger charge is -2.04. The van der Waals surface area contributed by atoms with E-state index in [9.17, 15) is 21.0 Å². The van der Waals surface area contributed by atoms with Gasteiger partial charge in [0, 0.05) is 15.4 Å². The molecule has 2 aliphatic rings. The van der Waals surface area contributed by atoms with Crippen LogP contribution in [0.4, 0.5) is 0 Å². The molecule has 1 aromatic rings. The number of fused-ring (bicyclic) bond motifs is 1. The van der Waals surface area contributed by atoms with Crippen LogP contribution >= 0.6 is 23.5 Å². The Morgan fingerprint density at radius 3 is 1.57 bits per heavy atom. The van der Waals surface area contributed by atoms with Crippen LogP contribution in [0.3, 0.4) is 0 Å². The van der Waals surface area contributed by atoms with E-state index >= 15 is 0 Å². The molecular weight excluding hydrogens is 384 g/mol. The van der Waals surface area contributed by atoms with Gasteiger partial charge in [-0.25, -0.2) is 0 Å². The largest absolute Gasteiger partial charge is 0.192 e. The molecule has 1 aromatic carbocycles. The molecule has 4 nitrogen and oxygen atoms in total. The zero-order valence-electron chi connectivity index (χ0n) is 15.1. The van der Waals surface area contributed by atoms with Crippen molar-refractivity contribution in [2.24, 2.45) is 0 Å². The quantitative estimate of drug-likeness (QED) is 0.557. The number of nitrogens with zero attached hydrogens (tertiary/aromatic N) is 4. The summed E-state index contributed by atoms with van der Waals surface area (Å²) in [5.74, 6) is 0. The monoisotopic (exact) mass is 396 g/mol. The van der Waals surface area contributed by atoms with Crippen molar-refractivity contribution in [2.75, 3.05) is 0 Å². The van der Waals surface area contributed by atoms with E-state index in [1.165, 1.54) is 9.81 Å². The molecule has 0 fully saturated rings. The van der Waals surface area contributed by atoms with E-state index in [0.29, 0.717) is 27.8 Å². The number of hydrogen-bond acceptors (Lipinski definition) is 6. The number of benzene rings is 1. The molecule has 0 bridgehead atoms. The first kappa shape index (κ1) is 19.3. The van der Waals surface area contributed by atoms with Gasteiger partial charge in [-0.1, -0.05) is 53.9 Å². The third kappa shape index (κ3) is 3.28. The summed E-state index contributed by atoms with van der Waals surface area (Å²) in [5, 5.41) is 37.9. The van der Waals surface area contributed by atoms with E-state index in [1.54, 1.807) is 41.7 Å². The molecule has 6 heteroatoms. The van der Waals surface area contributed by atoms with Gasteiger partial charge in [-0.15, -0.1) is 0 Å². The van der Waals surface area contributed by atoms with Crippen molar-refractivity contribution in [2.45, 2.75) is 13.8 Å². The number of allylic oxidation sites excluding steroid dienone is 9. The van der Waals surface area contributed by atoms with Crippen molar-refractivity contribution in [3.63, 3.8) is 0 Å². The molecule has 0 atom stereocenters. The normalized spacial score (nSPS) is 14.6. The number of rotatable bonds is 1. The first-order chi connectivity index (χ1) is 13.5. The van der Waals surface area contributed by atoms with Crippen molar-refractivity contribution in [3.05, 3.63) is 78.3 Å². The predicted molar refractivity (Wildman–Crippen MR) is 112 cm³/mol. The van der Waals surface area contributed by atoms with Crippen LogP contribution in [-0.2, 0) is 0 Å². The third-order valence-electron chi connectivity index (χ3n) is 4.34. The van der Waals surface area contributed by atoms with Crippen LogP contribution in [-0.4, -0.2) is 0 Å². The van der Waals surface area contributed by atoms with Gasteiger partial charge >= 0.3 is 0 Å². The standard InChI is InChI=1S/C22H12N4S2/c1-13-14(2)28-20(27-13)8-7-19-21(15(9-23)10-24)17-5-3-4-6-18(17)22(19)16(11-25)12-26/h3-8H,1-2H3. The molecule has 0 saturated heterocycles. The van der Waals surface area contributed by atoms with Gasteiger partial charge in [0.1, 0.15) is 35.4 Å². The second-order valence-corrected chi connectivity index (χ2v) is 8.65. The first-order valence-electron chi connectivity index (χ1n) is 8.20. The third-order valence-corrected chi connectivity index (χ3v) is 6.87. The molecule has 0 aromatic heterocycles. The molecule has 0 N–H and O–H groups in total. The highest BCUT2D eigenvalue weighted by molar-refractivity contribution is 8.28. The van der Waals surface area contributed by atoms with Crippen molar-refractivity contribution in [1.29, 1.82) is 21.0 Å². The Balaban J connectivity index is 2.32. The van der Waals surface area contributed by atoms with Gasteiger partial charge < -0.3 is 0 Å². The van der Waals surface area contributed by atoms with E-state index in [4.69, 9.17) is 0 Å². The van der Waals surface area contributed by atoms with Crippen LogP contribution in [0.5, 0.6) is 0 Å². The van der Waals surface area contributed by atoms with E-state index in [2.05, 4.69) is 13.8 Å². The second kappa shape index (κ2) is 8.08. The molecule has 0 spiro atoms. The Hall–Kier alpha value is -3.42. The van der Waals surface area contributed by atoms with Crippen molar-refractivity contribution in [3.8, 4) is 24.3 Å². The molecule has 3 rings (SSSR count). The number of nitriles is 4. The summed E-state index contributed by atoms with van der Waals surface area (Å²) < 4.78 is 1.06. The van der Waals surface area contributed by atoms with Crippen LogP contribution in [0.2, 0.25) is 0 Å². The van der Waals surface area contributed by atoms with Crippen LogP contribution in [0.1, 0.15) is 25.0 Å². The lowest BCUT2D eigenvalue weighted by atomic mass is 9.96. The van der Waals surface area contributed by atoms with Crippen LogP contribution in [0, 0.1) is 45.3 Å². The van der Waals surface area contributed by atoms with Gasteiger partial charge in [-0.2, -0.15) is 21.0 Å². The fourth-order valence-electron chi connectivity index (χ4n) is 3.00. The summed E-state index contributed by atoms with van der Waals surface area (Å²) in [4.78, 5) is 2.45. The molecule has 132 valence electrons. The summed E-state index contributed by atoms with van der Waals surface area (Å²) in [6, 6.07) is 15.0. The summed E-state index contributed by atoms with van der Waals surface area (Å²) in [6.45, 7) is 4.10. The lowest BCUT2D eigenvalue weighted by molar-refractivity contribution is 1.46. The molecule has 1 aliphatic heterocycles. The van der Waals surface area contributed by atoms with E-state index < -0.39 is 0 Å². The zero-order chi connectivity index (χ0) is 20.3. The molecule has 0 saturated carbocycles. The minimum atomic E-state index is -0.0421. The van der Waals surface area contributed by atoms with Gasteiger partial charge in [0.15, 0.2) is 0 Å². The minimum Gasteiger partial charge on any atom is -0.192 e. The predicted octanol–water partition coefficient (Wildman–Crippen LogP) is 5.80. The summed E-state index contributed by atoms with van der Waals surface area (Å²) in [7, 11) is 0. The number of hydrogen-bond donors (Lipinski definition) is 0. The number of thioether (sulfide) groups is 2. The highest BCUT2D eigenvalue weighted by Crippen LogP contribution is 2.50. The van der Waals surface area contributed by atoms with Gasteiger partial charge in [0.2, 0.25) is 0 Å². The highest BCUT2D eigenvalue weighted by Gasteiger charge is 2.31. The average Bonchev–Trinajstić information content (AvgIpc) is 3.20. The molecule has 1 heterocycles. The zero-order valence-corrected chi connectivity index (χ0v) is 16.7. The van der Waals surface area contributed by atoms with Crippen molar-refractivity contribution < 1.29 is 0 Å². The Morgan fingerprint density at radius 1 is 0.750 bits per heavy atom. The van der Waals surface area contributed by atoms with Crippen LogP contribution < -0.4 is 0 Å². The summed E-state index contributed by atoms with van der Waals surface area (Å²) >= 11 is 3.30. The average molecular weight is 397 g/mol. The van der Waals surface area contributed by atoms with Crippen LogP contribution in [0.25, 0.3) is 11.1 Å². The van der Waals surface area contributed by atoms with Crippen LogP contribution in [0.15, 0.2) is 67.2 Å². The maximum atomic E-state index is 9.48. The van der Waals surface area contributed by atoms with Gasteiger partial charge in [-0.05, 0) is 46.4 Å². The fraction of sp³-hybridized carbons (Fsp3) is 0.0909. The summed E-state index contributed by atoms with van der Waals surface area (Å²) in [5.41, 5.74) is 2.75. The Bertz CT molecular complexity index is 1090. The minimum absolute atomic E-state index is 0.0421. The maximum Gasteiger partial charge on any atom is 0.138 e. The highest BCUT2D eigenvalue weighted by atomic mass is 32.2. The van der Waals surface area contributed by atoms with Gasteiger partial charge in [-0.3, -0.25) is 0 Å². The maximum absolute atomic E-state index is 9.48. The van der Waals surface area contributed by atoms with Gasteiger partial charge in [0.05, 0.1) is 0 Å². The molecular formula is C22H12N4S2. The van der Waals surface area contributed by atoms with E-state index in [0.717, 1.165) is 4.24 Å². The Morgan fingerprint density at radius 2 is 1.18 bits per heavy atom. The molecule has 1 aliphatic carbocycles. The Kier molecular flexibility index (Phi) is 5.58. The smallest absolute Gasteiger partial charge is 0.138 e. The van der Waals surface area contributed by atoms with Crippen molar-refractivity contribution in [1.82, 2.24) is 0 Å².